The van der Waals surface area contributed by atoms with Crippen LogP contribution in [0.5, 0.6) is 0 Å². The van der Waals surface area contributed by atoms with Crippen molar-refractivity contribution in [3.05, 3.63) is 193 Å². The Morgan fingerprint density at radius 3 is 0.875 bits per heavy atom. The van der Waals surface area contributed by atoms with Crippen LogP contribution in [-0.4, -0.2) is 0 Å². The molecule has 0 heterocycles. The first kappa shape index (κ1) is 32.5. The van der Waals surface area contributed by atoms with E-state index in [-0.39, 0.29) is 0 Å². The normalized spacial score (nSPS) is 11.6. The summed E-state index contributed by atoms with van der Waals surface area (Å²) in [5.41, 5.74) is 2.63. The van der Waals surface area contributed by atoms with Crippen molar-refractivity contribution in [2.75, 3.05) is 0 Å². The summed E-state index contributed by atoms with van der Waals surface area (Å²) in [7, 11) is -1.21. The van der Waals surface area contributed by atoms with Crippen molar-refractivity contribution in [1.82, 2.24) is 0 Å². The van der Waals surface area contributed by atoms with E-state index in [0.29, 0.717) is 0 Å². The van der Waals surface area contributed by atoms with E-state index in [0.717, 1.165) is 0 Å². The summed E-state index contributed by atoms with van der Waals surface area (Å²) in [6, 6.07) is 66.8. The van der Waals surface area contributed by atoms with Crippen LogP contribution in [0.25, 0.3) is 0 Å². The zero-order valence-electron chi connectivity index (χ0n) is 27.0. The number of benzene rings is 7. The molecule has 0 N–H and O–H groups in total. The molecule has 0 bridgehead atoms. The first-order valence-corrected chi connectivity index (χ1v) is 20.4. The van der Waals surface area contributed by atoms with Crippen LogP contribution in [0.1, 0.15) is 11.1 Å². The molecule has 0 saturated carbocycles. The van der Waals surface area contributed by atoms with Gasteiger partial charge in [0.2, 0.25) is 0 Å². The van der Waals surface area contributed by atoms with Crippen LogP contribution in [0.2, 0.25) is 0 Å². The Kier molecular flexibility index (Phi) is 10.4. The average Bonchev–Trinajstić information content (AvgIpc) is 3.13. The van der Waals surface area contributed by atoms with E-state index in [1.807, 2.05) is 23.5 Å². The van der Waals surface area contributed by atoms with Crippen LogP contribution in [0.15, 0.2) is 231 Å². The third-order valence-corrected chi connectivity index (χ3v) is 15.4. The maximum atomic E-state index is 2.40. The zero-order valence-corrected chi connectivity index (χ0v) is 30.5. The van der Waals surface area contributed by atoms with E-state index in [2.05, 4.69) is 196 Å². The van der Waals surface area contributed by atoms with Gasteiger partial charge in [0.1, 0.15) is 0 Å². The Labute approximate surface area is 299 Å². The topological polar surface area (TPSA) is 0 Å². The van der Waals surface area contributed by atoms with E-state index < -0.39 is 21.8 Å². The van der Waals surface area contributed by atoms with Gasteiger partial charge >= 0.3 is 0 Å². The Morgan fingerprint density at radius 1 is 0.312 bits per heavy atom. The van der Waals surface area contributed by atoms with Gasteiger partial charge in [-0.15, -0.1) is 0 Å². The second kappa shape index (κ2) is 15.4. The van der Waals surface area contributed by atoms with Crippen molar-refractivity contribution in [1.29, 1.82) is 0 Å². The van der Waals surface area contributed by atoms with Gasteiger partial charge in [0, 0.05) is 19.6 Å². The van der Waals surface area contributed by atoms with Crippen LogP contribution in [-0.2, 0) is 0 Å². The molecule has 0 fully saturated rings. The Hall–Kier alpha value is -4.06. The molecule has 0 amide bonds. The molecule has 0 saturated heterocycles. The highest BCUT2D eigenvalue weighted by Gasteiger charge is 2.16. The molecule has 0 aliphatic rings. The standard InChI is InChI=1S/C44H38S4/c1-33-31-41(47(37-15-7-3-8-16-37)38-17-9-4-10-18-38)27-29-43(33)45-35-23-25-36(26-24-35)46-44-30-28-42(32-34(44)2)48(39-19-11-5-12-20-39)40-21-13-6-14-22-40/h3-32,47-48H,1-2H3. The second-order valence-electron chi connectivity index (χ2n) is 11.6. The molecule has 0 nitrogen and oxygen atoms in total. The number of hydrogen-bond donors (Lipinski definition) is 2. The number of thiol groups is 2. The van der Waals surface area contributed by atoms with Crippen molar-refractivity contribution in [3.63, 3.8) is 0 Å². The summed E-state index contributed by atoms with van der Waals surface area (Å²) in [4.78, 5) is 13.4. The molecule has 0 aliphatic carbocycles. The lowest BCUT2D eigenvalue weighted by molar-refractivity contribution is 1.21. The molecule has 0 aliphatic heterocycles. The molecule has 238 valence electrons. The third kappa shape index (κ3) is 7.64. The van der Waals surface area contributed by atoms with Gasteiger partial charge < -0.3 is 0 Å². The molecule has 7 aromatic rings. The summed E-state index contributed by atoms with van der Waals surface area (Å²) in [5.74, 6) is 0. The van der Waals surface area contributed by atoms with Crippen molar-refractivity contribution in [2.45, 2.75) is 62.8 Å². The van der Waals surface area contributed by atoms with E-state index in [1.54, 1.807) is 0 Å². The van der Waals surface area contributed by atoms with Crippen molar-refractivity contribution >= 4 is 45.3 Å². The van der Waals surface area contributed by atoms with E-state index in [1.165, 1.54) is 60.1 Å². The van der Waals surface area contributed by atoms with Crippen molar-refractivity contribution in [3.8, 4) is 0 Å². The minimum absolute atomic E-state index is 0.606. The van der Waals surface area contributed by atoms with Gasteiger partial charge in [0.25, 0.3) is 0 Å². The first-order chi connectivity index (χ1) is 23.6. The van der Waals surface area contributed by atoms with Crippen molar-refractivity contribution in [2.24, 2.45) is 0 Å². The largest absolute Gasteiger partial charge is 0.173 e. The Balaban J connectivity index is 1.07. The molecule has 0 spiro atoms. The van der Waals surface area contributed by atoms with Gasteiger partial charge in [-0.25, -0.2) is 0 Å². The molecule has 7 aromatic carbocycles. The van der Waals surface area contributed by atoms with E-state index in [4.69, 9.17) is 0 Å². The fourth-order valence-electron chi connectivity index (χ4n) is 5.81. The summed E-state index contributed by atoms with van der Waals surface area (Å²) in [6.07, 6.45) is 0. The van der Waals surface area contributed by atoms with Crippen LogP contribution in [0.3, 0.4) is 0 Å². The first-order valence-electron chi connectivity index (χ1n) is 16.1. The highest BCUT2D eigenvalue weighted by atomic mass is 32.2. The highest BCUT2D eigenvalue weighted by Crippen LogP contribution is 2.53. The quantitative estimate of drug-likeness (QED) is 0.137. The molecular weight excluding hydrogens is 657 g/mol. The lowest BCUT2D eigenvalue weighted by Gasteiger charge is -2.24. The minimum atomic E-state index is -0.606. The fraction of sp³-hybridized carbons (Fsp3) is 0.0455. The van der Waals surface area contributed by atoms with Crippen LogP contribution in [0, 0.1) is 13.8 Å². The molecule has 0 unspecified atom stereocenters. The second-order valence-corrected chi connectivity index (χ2v) is 18.3. The predicted molar refractivity (Wildman–Crippen MR) is 210 cm³/mol. The molecule has 48 heavy (non-hydrogen) atoms. The maximum Gasteiger partial charge on any atom is 0.0152 e. The minimum Gasteiger partial charge on any atom is -0.173 e. The summed E-state index contributed by atoms with van der Waals surface area (Å²) < 4.78 is 0. The number of rotatable bonds is 10. The SMILES string of the molecule is Cc1cc([SH](c2ccccc2)c2ccccc2)ccc1Sc1ccc(Sc2ccc([SH](c3ccccc3)c3ccccc3)cc2C)cc1. The van der Waals surface area contributed by atoms with Crippen LogP contribution < -0.4 is 0 Å². The smallest absolute Gasteiger partial charge is 0.0152 e. The van der Waals surface area contributed by atoms with Crippen LogP contribution >= 0.6 is 45.3 Å². The number of aryl methyl sites for hydroxylation is 2. The van der Waals surface area contributed by atoms with Gasteiger partial charge in [-0.2, -0.15) is 21.8 Å². The molecule has 4 heteroatoms. The molecule has 7 rings (SSSR count). The molecule has 0 radical (unpaired) electrons. The summed E-state index contributed by atoms with van der Waals surface area (Å²) >= 11 is 3.69. The lowest BCUT2D eigenvalue weighted by atomic mass is 10.2. The average molecular weight is 695 g/mol. The number of hydrogen-bond acceptors (Lipinski definition) is 2. The monoisotopic (exact) mass is 694 g/mol. The summed E-state index contributed by atoms with van der Waals surface area (Å²) in [5, 5.41) is 0. The predicted octanol–water partition coefficient (Wildman–Crippen LogP) is 13.6. The molecular formula is C44H38S4. The Morgan fingerprint density at radius 2 is 0.604 bits per heavy atom. The zero-order chi connectivity index (χ0) is 32.7. The van der Waals surface area contributed by atoms with E-state index in [9.17, 15) is 0 Å². The molecule has 0 aromatic heterocycles. The van der Waals surface area contributed by atoms with Crippen LogP contribution in [0.4, 0.5) is 0 Å². The van der Waals surface area contributed by atoms with Gasteiger partial charge in [-0.05, 0) is 164 Å². The van der Waals surface area contributed by atoms with E-state index >= 15 is 0 Å². The molecule has 0 atom stereocenters. The highest BCUT2D eigenvalue weighted by molar-refractivity contribution is 8.17. The van der Waals surface area contributed by atoms with Gasteiger partial charge in [-0.3, -0.25) is 0 Å². The van der Waals surface area contributed by atoms with Gasteiger partial charge in [0.15, 0.2) is 0 Å². The van der Waals surface area contributed by atoms with Crippen molar-refractivity contribution < 1.29 is 0 Å². The van der Waals surface area contributed by atoms with Gasteiger partial charge in [0.05, 0.1) is 0 Å². The maximum absolute atomic E-state index is 2.40. The van der Waals surface area contributed by atoms with Gasteiger partial charge in [-0.1, -0.05) is 96.3 Å². The lowest BCUT2D eigenvalue weighted by Crippen LogP contribution is -1.90. The third-order valence-electron chi connectivity index (χ3n) is 8.17. The fourth-order valence-corrected chi connectivity index (χ4v) is 12.3. The summed E-state index contributed by atoms with van der Waals surface area (Å²) in [6.45, 7) is 4.49. The Bertz CT molecular complexity index is 1850.